The summed E-state index contributed by atoms with van der Waals surface area (Å²) in [5.74, 6) is -0.365. The number of azide groups is 1. The van der Waals surface area contributed by atoms with Crippen LogP contribution in [0.4, 0.5) is 0 Å². The zero-order chi connectivity index (χ0) is 5.70. The summed E-state index contributed by atoms with van der Waals surface area (Å²) in [6.07, 6.45) is 0. The van der Waals surface area contributed by atoms with Crippen molar-refractivity contribution in [2.45, 2.75) is 0 Å². The van der Waals surface area contributed by atoms with Crippen molar-refractivity contribution in [3.8, 4) is 0 Å². The van der Waals surface area contributed by atoms with Crippen LogP contribution in [0.5, 0.6) is 0 Å². The zero-order valence-corrected chi connectivity index (χ0v) is 4.13. The fourth-order valence-electron chi connectivity index (χ4n) is 0.0752. The Morgan fingerprint density at radius 3 is 2.71 bits per heavy atom. The van der Waals surface area contributed by atoms with E-state index in [0.717, 1.165) is 0 Å². The lowest BCUT2D eigenvalue weighted by Crippen LogP contribution is -1.87. The number of nitrogens with zero attached hydrogens (tertiary/aromatic N) is 3. The lowest BCUT2D eigenvalue weighted by atomic mass is 11.5. The molecule has 0 aromatic carbocycles. The van der Waals surface area contributed by atoms with E-state index in [-0.39, 0.29) is 5.88 Å². The van der Waals surface area contributed by atoms with Crippen LogP contribution in [-0.2, 0) is 11.1 Å². The Hall–Kier alpha value is -0.580. The molecule has 0 aliphatic rings. The fourth-order valence-corrected chi connectivity index (χ4v) is 0.226. The third kappa shape index (κ3) is 5.42. The SMILES string of the molecule is [N-]=[N+]=NCS(=O)O. The predicted octanol–water partition coefficient (Wildman–Crippen LogP) is 0.476. The fraction of sp³-hybridized carbons (Fsp3) is 1.00. The normalized spacial score (nSPS) is 12.1. The summed E-state index contributed by atoms with van der Waals surface area (Å²) < 4.78 is 17.5. The van der Waals surface area contributed by atoms with Crippen LogP contribution in [-0.4, -0.2) is 14.6 Å². The van der Waals surface area contributed by atoms with Crippen molar-refractivity contribution in [1.29, 1.82) is 0 Å². The molecule has 0 saturated heterocycles. The molecule has 0 spiro atoms. The van der Waals surface area contributed by atoms with E-state index in [9.17, 15) is 4.21 Å². The highest BCUT2D eigenvalue weighted by Crippen LogP contribution is 1.73. The number of rotatable bonds is 2. The van der Waals surface area contributed by atoms with Crippen molar-refractivity contribution in [3.63, 3.8) is 0 Å². The Labute approximate surface area is 42.3 Å². The molecule has 0 aliphatic heterocycles. The summed E-state index contributed by atoms with van der Waals surface area (Å²) in [4.78, 5) is 2.25. The van der Waals surface area contributed by atoms with E-state index in [1.54, 1.807) is 0 Å². The highest BCUT2D eigenvalue weighted by atomic mass is 32.2. The minimum Gasteiger partial charge on any atom is -0.306 e. The first kappa shape index (κ1) is 6.42. The Kier molecular flexibility index (Phi) is 3.31. The van der Waals surface area contributed by atoms with Crippen LogP contribution < -0.4 is 0 Å². The summed E-state index contributed by atoms with van der Waals surface area (Å²) in [6.45, 7) is 0. The molecule has 1 unspecified atom stereocenters. The molecule has 0 amide bonds. The summed E-state index contributed by atoms with van der Waals surface area (Å²) in [7, 11) is 0. The van der Waals surface area contributed by atoms with E-state index < -0.39 is 11.1 Å². The van der Waals surface area contributed by atoms with Gasteiger partial charge in [-0.05, 0) is 5.53 Å². The largest absolute Gasteiger partial charge is 0.306 e. The first-order valence-corrected chi connectivity index (χ1v) is 2.63. The average Bonchev–Trinajstić information content (AvgIpc) is 1.61. The Balaban J connectivity index is 3.32. The van der Waals surface area contributed by atoms with E-state index in [1.165, 1.54) is 0 Å². The molecule has 0 bridgehead atoms. The topological polar surface area (TPSA) is 86.1 Å². The first-order valence-electron chi connectivity index (χ1n) is 1.35. The molecule has 0 aliphatic carbocycles. The average molecular weight is 121 g/mol. The van der Waals surface area contributed by atoms with Gasteiger partial charge in [0.25, 0.3) is 0 Å². The molecule has 40 valence electrons. The van der Waals surface area contributed by atoms with Crippen molar-refractivity contribution < 1.29 is 8.76 Å². The molecule has 1 atom stereocenters. The first-order chi connectivity index (χ1) is 3.27. The molecule has 0 heterocycles. The van der Waals surface area contributed by atoms with Crippen LogP contribution in [0.1, 0.15) is 0 Å². The van der Waals surface area contributed by atoms with Crippen molar-refractivity contribution in [2.75, 3.05) is 5.88 Å². The Bertz CT molecular complexity index is 116. The second kappa shape index (κ2) is 3.60. The van der Waals surface area contributed by atoms with E-state index >= 15 is 0 Å². The van der Waals surface area contributed by atoms with Gasteiger partial charge in [0, 0.05) is 4.91 Å². The van der Waals surface area contributed by atoms with Crippen molar-refractivity contribution >= 4 is 11.1 Å². The monoisotopic (exact) mass is 121 g/mol. The maximum Gasteiger partial charge on any atom is 0.158 e. The molecule has 1 N–H and O–H groups in total. The van der Waals surface area contributed by atoms with Gasteiger partial charge in [-0.3, -0.25) is 0 Å². The molecule has 0 fully saturated rings. The summed E-state index contributed by atoms with van der Waals surface area (Å²) in [5.41, 5.74) is 7.53. The van der Waals surface area contributed by atoms with Crippen LogP contribution >= 0.6 is 0 Å². The van der Waals surface area contributed by atoms with Crippen molar-refractivity contribution in [2.24, 2.45) is 5.11 Å². The predicted molar refractivity (Wildman–Crippen MR) is 24.8 cm³/mol. The van der Waals surface area contributed by atoms with Gasteiger partial charge in [-0.2, -0.15) is 0 Å². The lowest BCUT2D eigenvalue weighted by Gasteiger charge is -1.75. The lowest BCUT2D eigenvalue weighted by molar-refractivity contribution is 0.564. The van der Waals surface area contributed by atoms with Gasteiger partial charge in [-0.15, -0.1) is 0 Å². The van der Waals surface area contributed by atoms with Gasteiger partial charge in [0.05, 0.1) is 0 Å². The van der Waals surface area contributed by atoms with E-state index in [0.29, 0.717) is 0 Å². The van der Waals surface area contributed by atoms with E-state index in [2.05, 4.69) is 10.0 Å². The Morgan fingerprint density at radius 1 is 2.00 bits per heavy atom. The van der Waals surface area contributed by atoms with Gasteiger partial charge in [0.1, 0.15) is 5.88 Å². The molecular weight excluding hydrogens is 118 g/mol. The van der Waals surface area contributed by atoms with Gasteiger partial charge in [-0.1, -0.05) is 5.11 Å². The van der Waals surface area contributed by atoms with Gasteiger partial charge in [-0.25, -0.2) is 4.21 Å². The zero-order valence-electron chi connectivity index (χ0n) is 3.31. The maximum atomic E-state index is 9.60. The van der Waals surface area contributed by atoms with Crippen molar-refractivity contribution in [3.05, 3.63) is 10.4 Å². The Morgan fingerprint density at radius 2 is 2.57 bits per heavy atom. The third-order valence-corrected chi connectivity index (χ3v) is 0.568. The van der Waals surface area contributed by atoms with Gasteiger partial charge in [0.15, 0.2) is 11.1 Å². The maximum absolute atomic E-state index is 9.60. The molecule has 5 nitrogen and oxygen atoms in total. The number of hydrogen-bond acceptors (Lipinski definition) is 2. The smallest absolute Gasteiger partial charge is 0.158 e. The van der Waals surface area contributed by atoms with Gasteiger partial charge in [0.2, 0.25) is 0 Å². The number of hydrogen-bond donors (Lipinski definition) is 1. The summed E-state index contributed by atoms with van der Waals surface area (Å²) >= 11 is -1.99. The quantitative estimate of drug-likeness (QED) is 0.249. The van der Waals surface area contributed by atoms with Crippen LogP contribution in [0, 0.1) is 0 Å². The minimum absolute atomic E-state index is 0.365. The van der Waals surface area contributed by atoms with Crippen LogP contribution in [0.15, 0.2) is 5.11 Å². The van der Waals surface area contributed by atoms with Crippen LogP contribution in [0.25, 0.3) is 10.4 Å². The molecule has 6 heteroatoms. The second-order valence-corrected chi connectivity index (χ2v) is 1.58. The standard InChI is InChI=1S/CH3N3O2S/c2-4-3-1-7(5)6/h1H2,(H,5,6). The molecule has 7 heavy (non-hydrogen) atoms. The van der Waals surface area contributed by atoms with E-state index in [4.69, 9.17) is 10.1 Å². The highest BCUT2D eigenvalue weighted by molar-refractivity contribution is 7.79. The molecule has 0 aromatic heterocycles. The minimum atomic E-state index is -1.99. The molecule has 0 saturated carbocycles. The van der Waals surface area contributed by atoms with Gasteiger partial charge < -0.3 is 4.55 Å². The van der Waals surface area contributed by atoms with Crippen LogP contribution in [0.3, 0.4) is 0 Å². The van der Waals surface area contributed by atoms with Gasteiger partial charge >= 0.3 is 0 Å². The molecule has 0 radical (unpaired) electrons. The second-order valence-electron chi connectivity index (χ2n) is 0.681. The highest BCUT2D eigenvalue weighted by Gasteiger charge is 1.82. The van der Waals surface area contributed by atoms with Crippen molar-refractivity contribution in [1.82, 2.24) is 0 Å². The summed E-state index contributed by atoms with van der Waals surface area (Å²) in [6, 6.07) is 0. The molecule has 0 aromatic rings. The van der Waals surface area contributed by atoms with E-state index in [1.807, 2.05) is 0 Å². The molecular formula is CH3N3O2S. The third-order valence-electron chi connectivity index (χ3n) is 0.231. The summed E-state index contributed by atoms with van der Waals surface area (Å²) in [5, 5.41) is 2.80. The van der Waals surface area contributed by atoms with Crippen LogP contribution in [0.2, 0.25) is 0 Å². The molecule has 0 rings (SSSR count).